The zero-order chi connectivity index (χ0) is 28.6. The molecule has 2 heterocycles. The van der Waals surface area contributed by atoms with Crippen LogP contribution in [0.4, 0.5) is 5.69 Å². The van der Waals surface area contributed by atoms with Crippen LogP contribution in [0.25, 0.3) is 0 Å². The number of anilines is 1. The van der Waals surface area contributed by atoms with Gasteiger partial charge in [0.2, 0.25) is 5.96 Å². The maximum Gasteiger partial charge on any atom is 0.219 e. The summed E-state index contributed by atoms with van der Waals surface area (Å²) in [5.74, 6) is 1.32. The van der Waals surface area contributed by atoms with Crippen molar-refractivity contribution in [1.82, 2.24) is 9.80 Å². The molecule has 1 saturated heterocycles. The van der Waals surface area contributed by atoms with E-state index in [0.29, 0.717) is 0 Å². The molecule has 1 fully saturated rings. The highest BCUT2D eigenvalue weighted by atomic mass is 16.5. The maximum atomic E-state index is 5.77. The first kappa shape index (κ1) is 32.1. The van der Waals surface area contributed by atoms with Gasteiger partial charge in [0.1, 0.15) is 5.75 Å². The summed E-state index contributed by atoms with van der Waals surface area (Å²) in [4.78, 5) is 13.1. The van der Waals surface area contributed by atoms with E-state index >= 15 is 0 Å². The van der Waals surface area contributed by atoms with Gasteiger partial charge in [0.05, 0.1) is 12.3 Å². The average molecular weight is 535 g/mol. The van der Waals surface area contributed by atoms with Crippen molar-refractivity contribution < 1.29 is 4.74 Å². The van der Waals surface area contributed by atoms with Gasteiger partial charge in [-0.05, 0) is 63.2 Å². The van der Waals surface area contributed by atoms with Crippen LogP contribution in [0.2, 0.25) is 0 Å². The van der Waals surface area contributed by atoms with E-state index in [4.69, 9.17) is 10.5 Å². The van der Waals surface area contributed by atoms with Crippen molar-refractivity contribution in [2.24, 2.45) is 15.7 Å². The maximum absolute atomic E-state index is 5.77. The number of hydrogen-bond acceptors (Lipinski definition) is 5. The third kappa shape index (κ3) is 10.9. The molecule has 39 heavy (non-hydrogen) atoms. The summed E-state index contributed by atoms with van der Waals surface area (Å²) in [5, 5.41) is 3.23. The summed E-state index contributed by atoms with van der Waals surface area (Å²) < 4.78 is 5.70. The van der Waals surface area contributed by atoms with Gasteiger partial charge in [0, 0.05) is 57.9 Å². The first-order chi connectivity index (χ1) is 18.9. The number of rotatable bonds is 8. The molecule has 3 N–H and O–H groups in total. The molecular formula is C32H50N6O. The second kappa shape index (κ2) is 17.4. The van der Waals surface area contributed by atoms with E-state index in [1.807, 2.05) is 13.8 Å². The Balaban J connectivity index is 0.000000372. The SMILES string of the molecule is C=NC(N)=NC(CN1CCN(Cc2ccc3c(c2)OCC3)CC1)=C(C)CC.CC.CCNc1ccc(C)cc1. The van der Waals surface area contributed by atoms with E-state index in [-0.39, 0.29) is 5.96 Å². The molecule has 0 aliphatic carbocycles. The molecular weight excluding hydrogens is 484 g/mol. The summed E-state index contributed by atoms with van der Waals surface area (Å²) in [5.41, 5.74) is 13.2. The number of nitrogens with one attached hydrogen (secondary N) is 1. The van der Waals surface area contributed by atoms with Crippen molar-refractivity contribution in [2.75, 3.05) is 51.2 Å². The van der Waals surface area contributed by atoms with E-state index in [1.165, 1.54) is 28.0 Å². The largest absolute Gasteiger partial charge is 0.493 e. The van der Waals surface area contributed by atoms with Crippen LogP contribution in [0.3, 0.4) is 0 Å². The number of aliphatic imine (C=N–C) groups is 2. The predicted molar refractivity (Wildman–Crippen MR) is 168 cm³/mol. The molecule has 2 aromatic carbocycles. The number of fused-ring (bicyclic) bond motifs is 1. The van der Waals surface area contributed by atoms with Crippen LogP contribution in [-0.4, -0.2) is 68.4 Å². The molecule has 0 atom stereocenters. The first-order valence-corrected chi connectivity index (χ1v) is 14.4. The van der Waals surface area contributed by atoms with Gasteiger partial charge in [-0.2, -0.15) is 0 Å². The van der Waals surface area contributed by atoms with Crippen molar-refractivity contribution in [3.05, 3.63) is 70.4 Å². The number of guanidine groups is 1. The fourth-order valence-corrected chi connectivity index (χ4v) is 4.40. The fourth-order valence-electron chi connectivity index (χ4n) is 4.40. The van der Waals surface area contributed by atoms with Crippen molar-refractivity contribution in [2.45, 2.75) is 60.9 Å². The molecule has 0 spiro atoms. The summed E-state index contributed by atoms with van der Waals surface area (Å²) in [6.45, 7) is 23.7. The van der Waals surface area contributed by atoms with Crippen molar-refractivity contribution in [1.29, 1.82) is 0 Å². The number of aryl methyl sites for hydroxylation is 1. The predicted octanol–water partition coefficient (Wildman–Crippen LogP) is 5.89. The lowest BCUT2D eigenvalue weighted by atomic mass is 10.1. The van der Waals surface area contributed by atoms with Crippen LogP contribution in [0, 0.1) is 6.92 Å². The second-order valence-electron chi connectivity index (χ2n) is 9.70. The van der Waals surface area contributed by atoms with Crippen molar-refractivity contribution in [3.63, 3.8) is 0 Å². The molecule has 0 aromatic heterocycles. The van der Waals surface area contributed by atoms with Gasteiger partial charge >= 0.3 is 0 Å². The molecule has 7 heteroatoms. The standard InChI is InChI=1S/C21H31N5O.C9H13N.C2H6/c1-4-16(2)19(24-21(22)23-3)15-26-10-8-25(9-11-26)14-17-5-6-18-7-12-27-20(18)13-17;1-3-10-9-6-4-8(2)5-7-9;1-2/h5-6,13H,3-4,7-12,14-15H2,1-2H3,(H2,22,24);4-7,10H,3H2,1-2H3;1-2H3. The number of piperazine rings is 1. The molecule has 0 saturated carbocycles. The van der Waals surface area contributed by atoms with E-state index in [9.17, 15) is 0 Å². The Hall–Kier alpha value is -3.16. The topological polar surface area (TPSA) is 78.5 Å². The summed E-state index contributed by atoms with van der Waals surface area (Å²) >= 11 is 0. The number of nitrogens with zero attached hydrogens (tertiary/aromatic N) is 4. The Morgan fingerprint density at radius 2 is 1.69 bits per heavy atom. The lowest BCUT2D eigenvalue weighted by Gasteiger charge is -2.35. The molecule has 0 unspecified atom stereocenters. The second-order valence-corrected chi connectivity index (χ2v) is 9.70. The van der Waals surface area contributed by atoms with Crippen LogP contribution < -0.4 is 15.8 Å². The number of nitrogens with two attached hydrogens (primary N) is 1. The van der Waals surface area contributed by atoms with Gasteiger partial charge in [-0.3, -0.25) is 9.80 Å². The lowest BCUT2D eigenvalue weighted by Crippen LogP contribution is -2.46. The highest BCUT2D eigenvalue weighted by Gasteiger charge is 2.19. The van der Waals surface area contributed by atoms with Gasteiger partial charge in [-0.25, -0.2) is 9.98 Å². The third-order valence-corrected chi connectivity index (χ3v) is 6.87. The summed E-state index contributed by atoms with van der Waals surface area (Å²) in [6.07, 6.45) is 2.00. The van der Waals surface area contributed by atoms with Crippen molar-refractivity contribution in [3.8, 4) is 5.75 Å². The van der Waals surface area contributed by atoms with Crippen LogP contribution in [0.15, 0.2) is 63.7 Å². The van der Waals surface area contributed by atoms with E-state index in [1.54, 1.807) is 0 Å². The molecule has 0 amide bonds. The molecule has 2 aromatic rings. The highest BCUT2D eigenvalue weighted by Crippen LogP contribution is 2.27. The fraction of sp³-hybridized carbons (Fsp3) is 0.500. The third-order valence-electron chi connectivity index (χ3n) is 6.87. The molecule has 0 radical (unpaired) electrons. The van der Waals surface area contributed by atoms with Gasteiger partial charge in [0.15, 0.2) is 0 Å². The quantitative estimate of drug-likeness (QED) is 0.326. The van der Waals surface area contributed by atoms with Crippen LogP contribution in [0.1, 0.15) is 57.7 Å². The van der Waals surface area contributed by atoms with E-state index in [0.717, 1.165) is 76.7 Å². The van der Waals surface area contributed by atoms with Crippen LogP contribution in [-0.2, 0) is 13.0 Å². The molecule has 0 bridgehead atoms. The van der Waals surface area contributed by atoms with Gasteiger partial charge in [-0.15, -0.1) is 0 Å². The number of ether oxygens (including phenoxy) is 1. The highest BCUT2D eigenvalue weighted by molar-refractivity contribution is 5.83. The first-order valence-electron chi connectivity index (χ1n) is 14.4. The Labute approximate surface area is 236 Å². The Morgan fingerprint density at radius 3 is 2.31 bits per heavy atom. The average Bonchev–Trinajstić information content (AvgIpc) is 3.44. The lowest BCUT2D eigenvalue weighted by molar-refractivity contribution is 0.134. The molecule has 2 aliphatic heterocycles. The van der Waals surface area contributed by atoms with Crippen LogP contribution >= 0.6 is 0 Å². The Morgan fingerprint density at radius 1 is 1.03 bits per heavy atom. The van der Waals surface area contributed by atoms with E-state index in [2.05, 4.69) is 102 Å². The Kier molecular flexibility index (Phi) is 14.3. The van der Waals surface area contributed by atoms with Crippen molar-refractivity contribution >= 4 is 18.4 Å². The Bertz CT molecular complexity index is 1070. The van der Waals surface area contributed by atoms with Gasteiger partial charge in [0.25, 0.3) is 0 Å². The normalized spacial score (nSPS) is 16.0. The van der Waals surface area contributed by atoms with Gasteiger partial charge < -0.3 is 15.8 Å². The van der Waals surface area contributed by atoms with Crippen LogP contribution in [0.5, 0.6) is 5.75 Å². The molecule has 214 valence electrons. The molecule has 2 aliphatic rings. The minimum Gasteiger partial charge on any atom is -0.493 e. The summed E-state index contributed by atoms with van der Waals surface area (Å²) in [6, 6.07) is 15.1. The monoisotopic (exact) mass is 534 g/mol. The zero-order valence-electron chi connectivity index (χ0n) is 25.1. The number of hydrogen-bond donors (Lipinski definition) is 2. The van der Waals surface area contributed by atoms with Gasteiger partial charge in [-0.1, -0.05) is 56.2 Å². The minimum absolute atomic E-state index is 0.246. The number of allylic oxidation sites excluding steroid dienone is 1. The summed E-state index contributed by atoms with van der Waals surface area (Å²) in [7, 11) is 0. The minimum atomic E-state index is 0.246. The van der Waals surface area contributed by atoms with E-state index < -0.39 is 0 Å². The molecule has 4 rings (SSSR count). The smallest absolute Gasteiger partial charge is 0.219 e. The molecule has 7 nitrogen and oxygen atoms in total. The number of benzene rings is 2. The zero-order valence-corrected chi connectivity index (χ0v) is 25.1.